The van der Waals surface area contributed by atoms with Gasteiger partial charge in [0, 0.05) is 65.6 Å². The molecular formula is C35H43FN6O2. The number of ether oxygens (including phenoxy) is 1. The van der Waals surface area contributed by atoms with E-state index in [0.29, 0.717) is 34.9 Å². The molecule has 0 radical (unpaired) electrons. The number of benzene rings is 3. The second-order valence-electron chi connectivity index (χ2n) is 11.0. The molecule has 1 amide bonds. The Bertz CT molecular complexity index is 1560. The van der Waals surface area contributed by atoms with Crippen LogP contribution in [0.4, 0.5) is 21.7 Å². The van der Waals surface area contributed by atoms with Crippen molar-refractivity contribution in [3.8, 4) is 11.6 Å². The van der Waals surface area contributed by atoms with Crippen LogP contribution in [0.1, 0.15) is 63.2 Å². The zero-order chi connectivity index (χ0) is 30.9. The molecule has 3 aromatic carbocycles. The maximum atomic E-state index is 14.5. The largest absolute Gasteiger partial charge is 0.438 e. The quantitative estimate of drug-likeness (QED) is 0.204. The molecule has 3 heterocycles. The number of anilines is 3. The van der Waals surface area contributed by atoms with Crippen LogP contribution in [0.15, 0.2) is 66.9 Å². The zero-order valence-corrected chi connectivity index (χ0v) is 26.0. The number of hydrogen-bond acceptors (Lipinski definition) is 7. The summed E-state index contributed by atoms with van der Waals surface area (Å²) >= 11 is 0. The summed E-state index contributed by atoms with van der Waals surface area (Å²) in [5.41, 5.74) is 1.66. The molecule has 9 heteroatoms. The molecule has 0 bridgehead atoms. The van der Waals surface area contributed by atoms with E-state index >= 15 is 0 Å². The highest BCUT2D eigenvalue weighted by molar-refractivity contribution is 6.10. The average molecular weight is 599 g/mol. The first-order valence-electron chi connectivity index (χ1n) is 15.9. The molecule has 1 atom stereocenters. The summed E-state index contributed by atoms with van der Waals surface area (Å²) in [5, 5.41) is 7.99. The molecule has 0 spiro atoms. The lowest BCUT2D eigenvalue weighted by atomic mass is 10.1. The fourth-order valence-corrected chi connectivity index (χ4v) is 6.05. The molecule has 1 unspecified atom stereocenters. The number of carbonyl (C=O) groups is 1. The van der Waals surface area contributed by atoms with Crippen LogP contribution in [-0.2, 0) is 0 Å². The highest BCUT2D eigenvalue weighted by atomic mass is 19.1. The Kier molecular flexibility index (Phi) is 10.6. The van der Waals surface area contributed by atoms with E-state index in [2.05, 4.69) is 37.3 Å². The number of amides is 1. The number of nitrogens with one attached hydrogen (secondary N) is 2. The molecule has 6 rings (SSSR count). The molecule has 232 valence electrons. The molecule has 0 aliphatic carbocycles. The molecule has 2 aliphatic heterocycles. The number of likely N-dealkylation sites (N-methyl/N-ethyl adjacent to an activating group) is 1. The van der Waals surface area contributed by atoms with Crippen LogP contribution in [0.25, 0.3) is 10.8 Å². The first-order valence-corrected chi connectivity index (χ1v) is 15.9. The van der Waals surface area contributed by atoms with Gasteiger partial charge in [-0.05, 0) is 75.5 Å². The van der Waals surface area contributed by atoms with Crippen molar-refractivity contribution in [2.24, 2.45) is 0 Å². The number of likely N-dealkylation sites (tertiary alicyclic amines) is 1. The number of carbonyl (C=O) groups excluding carboxylic acids is 1. The minimum atomic E-state index is -0.415. The Morgan fingerprint density at radius 2 is 1.77 bits per heavy atom. The van der Waals surface area contributed by atoms with Gasteiger partial charge in [-0.25, -0.2) is 9.37 Å². The van der Waals surface area contributed by atoms with Gasteiger partial charge < -0.3 is 20.3 Å². The minimum Gasteiger partial charge on any atom is -0.438 e. The summed E-state index contributed by atoms with van der Waals surface area (Å²) in [7, 11) is 0. The van der Waals surface area contributed by atoms with Crippen molar-refractivity contribution in [3.63, 3.8) is 0 Å². The van der Waals surface area contributed by atoms with Gasteiger partial charge in [0.1, 0.15) is 11.6 Å². The van der Waals surface area contributed by atoms with Crippen LogP contribution in [0.2, 0.25) is 0 Å². The Morgan fingerprint density at radius 1 is 0.977 bits per heavy atom. The summed E-state index contributed by atoms with van der Waals surface area (Å²) in [6, 6.07) is 18.1. The van der Waals surface area contributed by atoms with Gasteiger partial charge in [-0.1, -0.05) is 45.0 Å². The number of fused-ring (bicyclic) bond motifs is 1. The number of aromatic nitrogens is 2. The van der Waals surface area contributed by atoms with Crippen LogP contribution in [0, 0.1) is 5.82 Å². The van der Waals surface area contributed by atoms with Gasteiger partial charge in [0.15, 0.2) is 0 Å². The van der Waals surface area contributed by atoms with Gasteiger partial charge in [-0.3, -0.25) is 9.69 Å². The van der Waals surface area contributed by atoms with Gasteiger partial charge >= 0.3 is 0 Å². The van der Waals surface area contributed by atoms with Crippen LogP contribution in [0.5, 0.6) is 11.6 Å². The van der Waals surface area contributed by atoms with E-state index in [1.54, 1.807) is 24.4 Å². The molecule has 2 saturated heterocycles. The molecule has 44 heavy (non-hydrogen) atoms. The van der Waals surface area contributed by atoms with Crippen molar-refractivity contribution < 1.29 is 13.9 Å². The van der Waals surface area contributed by atoms with E-state index in [9.17, 15) is 9.18 Å². The molecular weight excluding hydrogens is 555 g/mol. The molecule has 2 aliphatic rings. The minimum absolute atomic E-state index is 0.292. The molecule has 2 fully saturated rings. The average Bonchev–Trinajstić information content (AvgIpc) is 3.54. The summed E-state index contributed by atoms with van der Waals surface area (Å²) in [4.78, 5) is 26.9. The predicted molar refractivity (Wildman–Crippen MR) is 177 cm³/mol. The molecule has 1 aromatic heterocycles. The number of piperidine rings is 1. The molecule has 0 saturated carbocycles. The maximum Gasteiger partial charge on any atom is 0.255 e. The molecule has 4 aromatic rings. The van der Waals surface area contributed by atoms with Gasteiger partial charge in [-0.15, -0.1) is 0 Å². The number of halogens is 1. The predicted octanol–water partition coefficient (Wildman–Crippen LogP) is 7.73. The normalized spacial score (nSPS) is 16.7. The van der Waals surface area contributed by atoms with Gasteiger partial charge in [0.25, 0.3) is 5.91 Å². The molecule has 8 nitrogen and oxygen atoms in total. The SMILES string of the molecule is CC.CCN1CCCC1CNc1nccc(Oc2ccc(NC(=O)c3cc(F)cc(N4CCCCC4)c3)c3ccccc23)n1. The summed E-state index contributed by atoms with van der Waals surface area (Å²) in [5.74, 6) is 0.795. The standard InChI is InChI=1S/C33H37FN6O2.C2H6/c1-2-39-18-8-9-25(39)22-36-33-35-15-14-31(38-33)42-30-13-12-29(27-10-4-5-11-28(27)30)37-32(41)23-19-24(34)21-26(20-23)40-16-6-3-7-17-40;1-2/h4-5,10-15,19-21,25H,2-3,6-9,16-18,22H2,1H3,(H,37,41)(H,35,36,38);1-2H3. The lowest BCUT2D eigenvalue weighted by Gasteiger charge is -2.29. The lowest BCUT2D eigenvalue weighted by molar-refractivity contribution is 0.102. The van der Waals surface area contributed by atoms with Crippen molar-refractivity contribution in [1.82, 2.24) is 14.9 Å². The zero-order valence-electron chi connectivity index (χ0n) is 26.0. The Hall–Kier alpha value is -4.24. The topological polar surface area (TPSA) is 82.6 Å². The van der Waals surface area contributed by atoms with Crippen LogP contribution in [0.3, 0.4) is 0 Å². The van der Waals surface area contributed by atoms with Gasteiger partial charge in [0.2, 0.25) is 11.8 Å². The fourth-order valence-electron chi connectivity index (χ4n) is 6.05. The number of hydrogen-bond donors (Lipinski definition) is 2. The molecule has 2 N–H and O–H groups in total. The van der Waals surface area contributed by atoms with E-state index in [1.807, 2.05) is 44.2 Å². The summed E-state index contributed by atoms with van der Waals surface area (Å²) < 4.78 is 20.8. The van der Waals surface area contributed by atoms with Gasteiger partial charge in [-0.2, -0.15) is 4.98 Å². The van der Waals surface area contributed by atoms with E-state index in [0.717, 1.165) is 62.0 Å². The first kappa shape index (κ1) is 31.2. The van der Waals surface area contributed by atoms with Crippen LogP contribution >= 0.6 is 0 Å². The van der Waals surface area contributed by atoms with E-state index < -0.39 is 5.82 Å². The van der Waals surface area contributed by atoms with Crippen LogP contribution in [-0.4, -0.2) is 59.5 Å². The Morgan fingerprint density at radius 3 is 2.57 bits per heavy atom. The second kappa shape index (κ2) is 15.0. The second-order valence-corrected chi connectivity index (χ2v) is 11.0. The third-order valence-electron chi connectivity index (χ3n) is 8.24. The number of rotatable bonds is 9. The third-order valence-corrected chi connectivity index (χ3v) is 8.24. The highest BCUT2D eigenvalue weighted by Crippen LogP contribution is 2.34. The van der Waals surface area contributed by atoms with E-state index in [4.69, 9.17) is 4.74 Å². The summed E-state index contributed by atoms with van der Waals surface area (Å²) in [6.07, 6.45) is 7.40. The van der Waals surface area contributed by atoms with Gasteiger partial charge in [0.05, 0.1) is 0 Å². The lowest BCUT2D eigenvalue weighted by Crippen LogP contribution is -2.34. The summed E-state index contributed by atoms with van der Waals surface area (Å²) in [6.45, 7) is 10.9. The van der Waals surface area contributed by atoms with Crippen molar-refractivity contribution in [1.29, 1.82) is 0 Å². The Balaban J connectivity index is 0.00000188. The smallest absolute Gasteiger partial charge is 0.255 e. The van der Waals surface area contributed by atoms with E-state index in [-0.39, 0.29) is 5.91 Å². The Labute approximate surface area is 259 Å². The van der Waals surface area contributed by atoms with Crippen molar-refractivity contribution in [3.05, 3.63) is 78.2 Å². The van der Waals surface area contributed by atoms with Crippen molar-refractivity contribution in [2.45, 2.75) is 58.9 Å². The van der Waals surface area contributed by atoms with Crippen molar-refractivity contribution >= 4 is 34.0 Å². The fraction of sp³-hybridized carbons (Fsp3) is 0.400. The van der Waals surface area contributed by atoms with Crippen molar-refractivity contribution in [2.75, 3.05) is 48.3 Å². The maximum absolute atomic E-state index is 14.5. The first-order chi connectivity index (χ1) is 21.6. The highest BCUT2D eigenvalue weighted by Gasteiger charge is 2.23. The number of nitrogens with zero attached hydrogens (tertiary/aromatic N) is 4. The van der Waals surface area contributed by atoms with Crippen LogP contribution < -0.4 is 20.3 Å². The van der Waals surface area contributed by atoms with E-state index in [1.165, 1.54) is 31.4 Å². The monoisotopic (exact) mass is 598 g/mol. The third kappa shape index (κ3) is 7.45.